The van der Waals surface area contributed by atoms with Gasteiger partial charge in [-0.25, -0.2) is 4.79 Å². The van der Waals surface area contributed by atoms with Crippen molar-refractivity contribution >= 4 is 44.7 Å². The average Bonchev–Trinajstić information content (AvgIpc) is 3.04. The fraction of sp³-hybridized carbons (Fsp3) is 0. The van der Waals surface area contributed by atoms with E-state index >= 15 is 0 Å². The summed E-state index contributed by atoms with van der Waals surface area (Å²) in [5, 5.41) is 23.0. The van der Waals surface area contributed by atoms with Crippen LogP contribution in [0.4, 0.5) is 10.8 Å². The van der Waals surface area contributed by atoms with E-state index in [9.17, 15) is 9.90 Å². The van der Waals surface area contributed by atoms with Gasteiger partial charge >= 0.3 is 5.63 Å². The highest BCUT2D eigenvalue weighted by Crippen LogP contribution is 2.29. The summed E-state index contributed by atoms with van der Waals surface area (Å²) in [7, 11) is 0. The molecule has 0 saturated heterocycles. The minimum absolute atomic E-state index is 0.0359. The highest BCUT2D eigenvalue weighted by Gasteiger charge is 2.13. The van der Waals surface area contributed by atoms with Crippen molar-refractivity contribution in [3.05, 3.63) is 64.0 Å². The molecule has 2 N–H and O–H groups in total. The molecule has 0 amide bonds. The predicted octanol–water partition coefficient (Wildman–Crippen LogP) is 4.41. The largest absolute Gasteiger partial charge is 0.508 e. The fourth-order valence-electron chi connectivity index (χ4n) is 2.29. The van der Waals surface area contributed by atoms with Gasteiger partial charge in [0.05, 0.1) is 5.56 Å². The standard InChI is InChI=1S/C17H10ClN3O3S/c18-10-2-4-11(5-3-10)19-17-21-20-15(25-17)13-7-9-1-6-12(22)8-14(9)24-16(13)23/h1-8,22H,(H,19,21). The van der Waals surface area contributed by atoms with Gasteiger partial charge in [-0.05, 0) is 42.5 Å². The smallest absolute Gasteiger partial charge is 0.346 e. The molecule has 2 aromatic heterocycles. The Bertz CT molecular complexity index is 1120. The Labute approximate surface area is 150 Å². The van der Waals surface area contributed by atoms with Crippen molar-refractivity contribution in [2.45, 2.75) is 0 Å². The van der Waals surface area contributed by atoms with Crippen molar-refractivity contribution in [2.75, 3.05) is 5.32 Å². The van der Waals surface area contributed by atoms with Crippen molar-refractivity contribution in [3.8, 4) is 16.3 Å². The first-order valence-corrected chi connectivity index (χ1v) is 8.41. The topological polar surface area (TPSA) is 88.2 Å². The lowest BCUT2D eigenvalue weighted by Crippen LogP contribution is -2.02. The van der Waals surface area contributed by atoms with E-state index < -0.39 is 5.63 Å². The first-order valence-electron chi connectivity index (χ1n) is 7.22. The minimum atomic E-state index is -0.535. The molecule has 0 fully saturated rings. The number of benzene rings is 2. The molecule has 124 valence electrons. The van der Waals surface area contributed by atoms with Gasteiger partial charge in [0.1, 0.15) is 11.3 Å². The maximum Gasteiger partial charge on any atom is 0.346 e. The van der Waals surface area contributed by atoms with Gasteiger partial charge in [-0.3, -0.25) is 0 Å². The van der Waals surface area contributed by atoms with Gasteiger partial charge in [-0.1, -0.05) is 22.9 Å². The van der Waals surface area contributed by atoms with E-state index in [0.717, 1.165) is 5.69 Å². The van der Waals surface area contributed by atoms with Gasteiger partial charge in [-0.15, -0.1) is 10.2 Å². The van der Waals surface area contributed by atoms with E-state index in [1.54, 1.807) is 24.3 Å². The second-order valence-corrected chi connectivity index (χ2v) is 6.63. The summed E-state index contributed by atoms with van der Waals surface area (Å²) in [4.78, 5) is 12.2. The molecule has 6 nitrogen and oxygen atoms in total. The minimum Gasteiger partial charge on any atom is -0.508 e. The number of phenols is 1. The molecule has 25 heavy (non-hydrogen) atoms. The lowest BCUT2D eigenvalue weighted by molar-refractivity contribution is 0.473. The Morgan fingerprint density at radius 1 is 1.08 bits per heavy atom. The summed E-state index contributed by atoms with van der Waals surface area (Å²) in [6, 6.07) is 13.4. The quantitative estimate of drug-likeness (QED) is 0.518. The number of fused-ring (bicyclic) bond motifs is 1. The van der Waals surface area contributed by atoms with Crippen molar-refractivity contribution in [3.63, 3.8) is 0 Å². The lowest BCUT2D eigenvalue weighted by atomic mass is 10.2. The summed E-state index contributed by atoms with van der Waals surface area (Å²) < 4.78 is 5.26. The number of nitrogens with one attached hydrogen (secondary N) is 1. The van der Waals surface area contributed by atoms with Crippen molar-refractivity contribution in [1.82, 2.24) is 10.2 Å². The van der Waals surface area contributed by atoms with Crippen molar-refractivity contribution in [1.29, 1.82) is 0 Å². The molecule has 2 aromatic carbocycles. The number of hydrogen-bond donors (Lipinski definition) is 2. The van der Waals surface area contributed by atoms with Gasteiger partial charge in [0, 0.05) is 22.2 Å². The Balaban J connectivity index is 1.68. The van der Waals surface area contributed by atoms with Crippen LogP contribution in [0.3, 0.4) is 0 Å². The molecule has 4 rings (SSSR count). The van der Waals surface area contributed by atoms with Crippen LogP contribution in [0.5, 0.6) is 5.75 Å². The lowest BCUT2D eigenvalue weighted by Gasteiger charge is -2.01. The highest BCUT2D eigenvalue weighted by atomic mass is 35.5. The van der Waals surface area contributed by atoms with Gasteiger partial charge < -0.3 is 14.8 Å². The Morgan fingerprint density at radius 2 is 1.88 bits per heavy atom. The first-order chi connectivity index (χ1) is 12.1. The maximum absolute atomic E-state index is 12.2. The van der Waals surface area contributed by atoms with Crippen LogP contribution < -0.4 is 10.9 Å². The van der Waals surface area contributed by atoms with E-state index in [-0.39, 0.29) is 5.75 Å². The molecule has 0 aliphatic carbocycles. The number of aromatic hydroxyl groups is 1. The van der Waals surface area contributed by atoms with Crippen LogP contribution in [-0.4, -0.2) is 15.3 Å². The summed E-state index contributed by atoms with van der Waals surface area (Å²) in [5.41, 5.74) is 0.915. The molecule has 0 radical (unpaired) electrons. The zero-order valence-corrected chi connectivity index (χ0v) is 14.1. The highest BCUT2D eigenvalue weighted by molar-refractivity contribution is 7.18. The van der Waals surface area contributed by atoms with E-state index in [1.807, 2.05) is 12.1 Å². The Kier molecular flexibility index (Phi) is 3.87. The van der Waals surface area contributed by atoms with Crippen LogP contribution in [0.15, 0.2) is 57.7 Å². The molecule has 8 heteroatoms. The number of halogens is 1. The molecule has 4 aromatic rings. The Hall–Kier alpha value is -2.90. The molecule has 0 saturated carbocycles. The summed E-state index contributed by atoms with van der Waals surface area (Å²) >= 11 is 7.09. The van der Waals surface area contributed by atoms with E-state index in [4.69, 9.17) is 16.0 Å². The van der Waals surface area contributed by atoms with Crippen molar-refractivity contribution < 1.29 is 9.52 Å². The first kappa shape index (κ1) is 15.6. The molecule has 0 unspecified atom stereocenters. The zero-order chi connectivity index (χ0) is 17.4. The number of anilines is 2. The molecule has 0 spiro atoms. The third-order valence-electron chi connectivity index (χ3n) is 3.47. The number of rotatable bonds is 3. The van der Waals surface area contributed by atoms with Gasteiger partial charge in [0.2, 0.25) is 5.13 Å². The van der Waals surface area contributed by atoms with Crippen LogP contribution >= 0.6 is 22.9 Å². The second kappa shape index (κ2) is 6.19. The molecule has 2 heterocycles. The van der Waals surface area contributed by atoms with E-state index in [0.29, 0.717) is 31.7 Å². The van der Waals surface area contributed by atoms with Gasteiger partial charge in [-0.2, -0.15) is 0 Å². The average molecular weight is 372 g/mol. The molecule has 0 bridgehead atoms. The normalized spacial score (nSPS) is 10.9. The zero-order valence-electron chi connectivity index (χ0n) is 12.6. The van der Waals surface area contributed by atoms with Crippen LogP contribution in [0.2, 0.25) is 5.02 Å². The summed E-state index contributed by atoms with van der Waals surface area (Å²) in [5.74, 6) is 0.0359. The third-order valence-corrected chi connectivity index (χ3v) is 4.59. The molecule has 0 aliphatic heterocycles. The van der Waals surface area contributed by atoms with Crippen molar-refractivity contribution in [2.24, 2.45) is 0 Å². The molecule has 0 atom stereocenters. The van der Waals surface area contributed by atoms with Crippen LogP contribution in [0, 0.1) is 0 Å². The third kappa shape index (κ3) is 3.19. The molecule has 0 aliphatic rings. The number of phenolic OH excluding ortho intramolecular Hbond substituents is 1. The Morgan fingerprint density at radius 3 is 2.68 bits per heavy atom. The number of aromatic nitrogens is 2. The SMILES string of the molecule is O=c1oc2cc(O)ccc2cc1-c1nnc(Nc2ccc(Cl)cc2)s1. The summed E-state index contributed by atoms with van der Waals surface area (Å²) in [6.45, 7) is 0. The van der Waals surface area contributed by atoms with Crippen LogP contribution in [0.1, 0.15) is 0 Å². The van der Waals surface area contributed by atoms with Gasteiger partial charge in [0.25, 0.3) is 0 Å². The van der Waals surface area contributed by atoms with E-state index in [2.05, 4.69) is 15.5 Å². The number of nitrogens with zero attached hydrogens (tertiary/aromatic N) is 2. The van der Waals surface area contributed by atoms with E-state index in [1.165, 1.54) is 23.5 Å². The fourth-order valence-corrected chi connectivity index (χ4v) is 3.18. The number of hydrogen-bond acceptors (Lipinski definition) is 7. The second-order valence-electron chi connectivity index (χ2n) is 5.21. The predicted molar refractivity (Wildman–Crippen MR) is 97.8 cm³/mol. The van der Waals surface area contributed by atoms with Crippen LogP contribution in [-0.2, 0) is 0 Å². The van der Waals surface area contributed by atoms with Gasteiger partial charge in [0.15, 0.2) is 5.01 Å². The summed E-state index contributed by atoms with van der Waals surface area (Å²) in [6.07, 6.45) is 0. The monoisotopic (exact) mass is 371 g/mol. The van der Waals surface area contributed by atoms with Crippen LogP contribution in [0.25, 0.3) is 21.5 Å². The molecular formula is C17H10ClN3O3S. The molecular weight excluding hydrogens is 362 g/mol. The maximum atomic E-state index is 12.2.